The van der Waals surface area contributed by atoms with Gasteiger partial charge in [-0.3, -0.25) is 19.3 Å². The maximum Gasteiger partial charge on any atom is 0.257 e. The number of hydrogen-bond acceptors (Lipinski definition) is 5. The van der Waals surface area contributed by atoms with E-state index in [4.69, 9.17) is 4.74 Å². The second-order valence-electron chi connectivity index (χ2n) is 8.40. The first kappa shape index (κ1) is 22.0. The minimum absolute atomic E-state index is 0.0225. The van der Waals surface area contributed by atoms with Crippen LogP contribution in [0.3, 0.4) is 0 Å². The number of nitrogens with zero attached hydrogens (tertiary/aromatic N) is 3. The molecule has 1 atom stereocenters. The Balaban J connectivity index is 1.44. The molecule has 32 heavy (non-hydrogen) atoms. The monoisotopic (exact) mass is 435 g/mol. The minimum Gasteiger partial charge on any atom is -0.497 e. The SMILES string of the molecule is COc1ccc(N2C(=O)CC(N(C(C)=O)C3CCN(Cc4ccccc4)CC3)C2=O)cc1. The molecule has 7 nitrogen and oxygen atoms in total. The molecule has 7 heteroatoms. The van der Waals surface area contributed by atoms with E-state index in [9.17, 15) is 14.4 Å². The van der Waals surface area contributed by atoms with Crippen molar-refractivity contribution in [3.8, 4) is 5.75 Å². The lowest BCUT2D eigenvalue weighted by Crippen LogP contribution is -2.53. The molecule has 0 spiro atoms. The van der Waals surface area contributed by atoms with Crippen molar-refractivity contribution < 1.29 is 19.1 Å². The number of piperidine rings is 1. The van der Waals surface area contributed by atoms with Crippen LogP contribution in [0.2, 0.25) is 0 Å². The van der Waals surface area contributed by atoms with Crippen LogP contribution in [0, 0.1) is 0 Å². The van der Waals surface area contributed by atoms with Gasteiger partial charge in [0.25, 0.3) is 5.91 Å². The first-order valence-electron chi connectivity index (χ1n) is 11.0. The highest BCUT2D eigenvalue weighted by atomic mass is 16.5. The summed E-state index contributed by atoms with van der Waals surface area (Å²) in [6.45, 7) is 4.06. The molecule has 168 valence electrons. The molecule has 2 saturated heterocycles. The van der Waals surface area contributed by atoms with Gasteiger partial charge in [0.2, 0.25) is 11.8 Å². The number of hydrogen-bond donors (Lipinski definition) is 0. The highest BCUT2D eigenvalue weighted by Gasteiger charge is 2.46. The minimum atomic E-state index is -0.743. The van der Waals surface area contributed by atoms with E-state index in [0.29, 0.717) is 11.4 Å². The summed E-state index contributed by atoms with van der Waals surface area (Å²) in [7, 11) is 1.56. The molecule has 2 aromatic rings. The van der Waals surface area contributed by atoms with Crippen molar-refractivity contribution in [2.45, 2.75) is 44.8 Å². The van der Waals surface area contributed by atoms with Crippen LogP contribution in [0.1, 0.15) is 31.7 Å². The first-order chi connectivity index (χ1) is 15.5. The van der Waals surface area contributed by atoms with Crippen molar-refractivity contribution in [2.24, 2.45) is 0 Å². The van der Waals surface area contributed by atoms with Gasteiger partial charge in [0.05, 0.1) is 19.2 Å². The smallest absolute Gasteiger partial charge is 0.257 e. The van der Waals surface area contributed by atoms with E-state index in [1.54, 1.807) is 36.3 Å². The predicted octanol–water partition coefficient (Wildman–Crippen LogP) is 2.84. The molecule has 0 aromatic heterocycles. The fourth-order valence-corrected chi connectivity index (χ4v) is 4.76. The average molecular weight is 436 g/mol. The normalized spacial score (nSPS) is 19.9. The van der Waals surface area contributed by atoms with E-state index >= 15 is 0 Å². The lowest BCUT2D eigenvalue weighted by atomic mass is 9.99. The van der Waals surface area contributed by atoms with Gasteiger partial charge >= 0.3 is 0 Å². The zero-order valence-electron chi connectivity index (χ0n) is 18.6. The third-order valence-electron chi connectivity index (χ3n) is 6.35. The molecule has 0 bridgehead atoms. The van der Waals surface area contributed by atoms with Crippen LogP contribution in [0.25, 0.3) is 0 Å². The molecule has 1 unspecified atom stereocenters. The maximum atomic E-state index is 13.2. The Labute approximate surface area is 188 Å². The Bertz CT molecular complexity index is 968. The Morgan fingerprint density at radius 2 is 1.69 bits per heavy atom. The summed E-state index contributed by atoms with van der Waals surface area (Å²) in [5, 5.41) is 0. The molecule has 0 saturated carbocycles. The number of carbonyl (C=O) groups is 3. The quantitative estimate of drug-likeness (QED) is 0.653. The lowest BCUT2D eigenvalue weighted by molar-refractivity contribution is -0.140. The Kier molecular flexibility index (Phi) is 6.55. The number of anilines is 1. The van der Waals surface area contributed by atoms with Crippen LogP contribution < -0.4 is 9.64 Å². The molecule has 2 aliphatic rings. The number of imide groups is 1. The van der Waals surface area contributed by atoms with Gasteiger partial charge in [-0.2, -0.15) is 0 Å². The van der Waals surface area contributed by atoms with E-state index in [-0.39, 0.29) is 30.2 Å². The predicted molar refractivity (Wildman–Crippen MR) is 121 cm³/mol. The molecule has 4 rings (SSSR count). The molecular weight excluding hydrogens is 406 g/mol. The summed E-state index contributed by atoms with van der Waals surface area (Å²) in [5.74, 6) is -0.119. The van der Waals surface area contributed by atoms with Crippen molar-refractivity contribution in [1.29, 1.82) is 0 Å². The number of methoxy groups -OCH3 is 1. The zero-order valence-corrected chi connectivity index (χ0v) is 18.6. The topological polar surface area (TPSA) is 70.2 Å². The fraction of sp³-hybridized carbons (Fsp3) is 0.400. The molecule has 0 N–H and O–H groups in total. The molecule has 2 aromatic carbocycles. The van der Waals surface area contributed by atoms with Gasteiger partial charge in [0.1, 0.15) is 11.8 Å². The summed E-state index contributed by atoms with van der Waals surface area (Å²) in [6, 6.07) is 16.3. The molecule has 0 aliphatic carbocycles. The largest absolute Gasteiger partial charge is 0.497 e. The van der Waals surface area contributed by atoms with Gasteiger partial charge < -0.3 is 9.64 Å². The molecule has 0 radical (unpaired) electrons. The van der Waals surface area contributed by atoms with E-state index in [2.05, 4.69) is 17.0 Å². The average Bonchev–Trinajstić information content (AvgIpc) is 3.09. The van der Waals surface area contributed by atoms with E-state index in [1.165, 1.54) is 17.4 Å². The zero-order chi connectivity index (χ0) is 22.7. The third kappa shape index (κ3) is 4.53. The van der Waals surface area contributed by atoms with Gasteiger partial charge in [-0.25, -0.2) is 4.90 Å². The van der Waals surface area contributed by atoms with Crippen LogP contribution in [-0.4, -0.2) is 59.8 Å². The van der Waals surface area contributed by atoms with E-state index < -0.39 is 6.04 Å². The summed E-state index contributed by atoms with van der Waals surface area (Å²) in [6.07, 6.45) is 1.59. The van der Waals surface area contributed by atoms with Crippen molar-refractivity contribution in [3.63, 3.8) is 0 Å². The molecule has 2 aliphatic heterocycles. The number of likely N-dealkylation sites (tertiary alicyclic amines) is 1. The Hall–Kier alpha value is -3.19. The fourth-order valence-electron chi connectivity index (χ4n) is 4.76. The Morgan fingerprint density at radius 3 is 2.28 bits per heavy atom. The second kappa shape index (κ2) is 9.53. The van der Waals surface area contributed by atoms with Gasteiger partial charge in [0, 0.05) is 32.6 Å². The van der Waals surface area contributed by atoms with E-state index in [0.717, 1.165) is 32.5 Å². The number of amides is 3. The highest BCUT2D eigenvalue weighted by Crippen LogP contribution is 2.30. The lowest BCUT2D eigenvalue weighted by Gasteiger charge is -2.40. The summed E-state index contributed by atoms with van der Waals surface area (Å²) >= 11 is 0. The van der Waals surface area contributed by atoms with Crippen LogP contribution in [0.4, 0.5) is 5.69 Å². The summed E-state index contributed by atoms with van der Waals surface area (Å²) in [4.78, 5) is 43.8. The van der Waals surface area contributed by atoms with Crippen molar-refractivity contribution in [3.05, 3.63) is 60.2 Å². The molecular formula is C25H29N3O4. The van der Waals surface area contributed by atoms with Crippen molar-refractivity contribution in [1.82, 2.24) is 9.80 Å². The van der Waals surface area contributed by atoms with Gasteiger partial charge in [-0.1, -0.05) is 30.3 Å². The van der Waals surface area contributed by atoms with Crippen LogP contribution in [0.5, 0.6) is 5.75 Å². The molecule has 2 fully saturated rings. The standard InChI is InChI=1S/C25H29N3O4/c1-18(29)27(21-12-14-26(15-13-21)17-19-6-4-3-5-7-19)23-16-24(30)28(25(23)31)20-8-10-22(32-2)11-9-20/h3-11,21,23H,12-17H2,1-2H3. The van der Waals surface area contributed by atoms with Gasteiger partial charge in [-0.15, -0.1) is 0 Å². The highest BCUT2D eigenvalue weighted by molar-refractivity contribution is 6.23. The van der Waals surface area contributed by atoms with E-state index in [1.807, 2.05) is 18.2 Å². The number of carbonyl (C=O) groups excluding carboxylic acids is 3. The number of rotatable bonds is 6. The van der Waals surface area contributed by atoms with Gasteiger partial charge in [-0.05, 0) is 42.7 Å². The van der Waals surface area contributed by atoms with Crippen LogP contribution >= 0.6 is 0 Å². The molecule has 2 heterocycles. The van der Waals surface area contributed by atoms with Crippen molar-refractivity contribution >= 4 is 23.4 Å². The maximum absolute atomic E-state index is 13.2. The number of benzene rings is 2. The van der Waals surface area contributed by atoms with Crippen molar-refractivity contribution in [2.75, 3.05) is 25.1 Å². The second-order valence-corrected chi connectivity index (χ2v) is 8.40. The first-order valence-corrected chi connectivity index (χ1v) is 11.0. The third-order valence-corrected chi connectivity index (χ3v) is 6.35. The summed E-state index contributed by atoms with van der Waals surface area (Å²) < 4.78 is 5.16. The van der Waals surface area contributed by atoms with Gasteiger partial charge in [0.15, 0.2) is 0 Å². The van der Waals surface area contributed by atoms with Crippen LogP contribution in [-0.2, 0) is 20.9 Å². The molecule has 3 amide bonds. The van der Waals surface area contributed by atoms with Crippen LogP contribution in [0.15, 0.2) is 54.6 Å². The number of ether oxygens (including phenoxy) is 1. The Morgan fingerprint density at radius 1 is 1.03 bits per heavy atom. The summed E-state index contributed by atoms with van der Waals surface area (Å²) in [5.41, 5.74) is 1.77.